The van der Waals surface area contributed by atoms with E-state index in [0.29, 0.717) is 0 Å². The lowest BCUT2D eigenvalue weighted by atomic mass is 10.2. The van der Waals surface area contributed by atoms with Crippen molar-refractivity contribution in [3.05, 3.63) is 42.0 Å². The molecule has 0 amide bonds. The van der Waals surface area contributed by atoms with E-state index in [9.17, 15) is 0 Å². The minimum Gasteiger partial charge on any atom is -0.313 e. The molecule has 82 valence electrons. The van der Waals surface area contributed by atoms with Crippen molar-refractivity contribution in [3.8, 4) is 0 Å². The molecule has 1 aromatic carbocycles. The van der Waals surface area contributed by atoms with Crippen LogP contribution in [0.15, 0.2) is 41.3 Å². The molecular weight excluding hydrogens is 202 g/mol. The van der Waals surface area contributed by atoms with Crippen molar-refractivity contribution >= 4 is 11.8 Å². The summed E-state index contributed by atoms with van der Waals surface area (Å²) < 4.78 is 0. The molecule has 0 aliphatic rings. The van der Waals surface area contributed by atoms with Crippen LogP contribution in [0, 0.1) is 0 Å². The summed E-state index contributed by atoms with van der Waals surface area (Å²) in [5, 5.41) is 3.33. The lowest BCUT2D eigenvalue weighted by Gasteiger charge is -2.05. The molecule has 0 aliphatic heterocycles. The maximum atomic E-state index is 3.91. The van der Waals surface area contributed by atoms with Gasteiger partial charge in [0.15, 0.2) is 0 Å². The summed E-state index contributed by atoms with van der Waals surface area (Å²) in [5.41, 5.74) is 2.57. The van der Waals surface area contributed by atoms with Crippen molar-refractivity contribution in [1.82, 2.24) is 5.32 Å². The Morgan fingerprint density at radius 3 is 2.93 bits per heavy atom. The van der Waals surface area contributed by atoms with Crippen LogP contribution >= 0.6 is 11.8 Å². The van der Waals surface area contributed by atoms with Crippen molar-refractivity contribution < 1.29 is 0 Å². The molecule has 0 aromatic heterocycles. The molecule has 0 bridgehead atoms. The predicted molar refractivity (Wildman–Crippen MR) is 69.4 cm³/mol. The molecule has 2 heteroatoms. The van der Waals surface area contributed by atoms with Gasteiger partial charge in [0.25, 0.3) is 0 Å². The zero-order valence-corrected chi connectivity index (χ0v) is 10.4. The van der Waals surface area contributed by atoms with E-state index in [2.05, 4.69) is 50.0 Å². The van der Waals surface area contributed by atoms with E-state index < -0.39 is 0 Å². The van der Waals surface area contributed by atoms with Gasteiger partial charge in [-0.05, 0) is 31.2 Å². The Kier molecular flexibility index (Phi) is 5.51. The van der Waals surface area contributed by atoms with Crippen molar-refractivity contribution in [1.29, 1.82) is 0 Å². The van der Waals surface area contributed by atoms with Gasteiger partial charge in [-0.15, -0.1) is 11.8 Å². The molecule has 1 aromatic rings. The smallest absolute Gasteiger partial charge is 0.0205 e. The van der Waals surface area contributed by atoms with Crippen molar-refractivity contribution in [3.63, 3.8) is 0 Å². The van der Waals surface area contributed by atoms with E-state index in [1.807, 2.05) is 11.8 Å². The van der Waals surface area contributed by atoms with Crippen molar-refractivity contribution in [2.45, 2.75) is 25.3 Å². The summed E-state index contributed by atoms with van der Waals surface area (Å²) in [7, 11) is 0. The van der Waals surface area contributed by atoms with Crippen molar-refractivity contribution in [2.75, 3.05) is 12.3 Å². The average molecular weight is 221 g/mol. The molecule has 0 atom stereocenters. The van der Waals surface area contributed by atoms with Crippen LogP contribution in [0.4, 0.5) is 0 Å². The number of rotatable bonds is 6. The zero-order chi connectivity index (χ0) is 11.1. The molecule has 1 N–H and O–H groups in total. The molecule has 0 unspecified atom stereocenters. The first kappa shape index (κ1) is 12.3. The SMILES string of the molecule is C=C(C)CSc1cccc(CNCC)c1. The highest BCUT2D eigenvalue weighted by Crippen LogP contribution is 2.20. The molecule has 0 saturated heterocycles. The Labute approximate surface area is 97.0 Å². The number of hydrogen-bond donors (Lipinski definition) is 1. The van der Waals surface area contributed by atoms with Crippen LogP contribution in [0.25, 0.3) is 0 Å². The molecule has 0 spiro atoms. The molecular formula is C13H19NS. The van der Waals surface area contributed by atoms with Crippen LogP contribution in [0.1, 0.15) is 19.4 Å². The maximum absolute atomic E-state index is 3.91. The van der Waals surface area contributed by atoms with E-state index in [1.54, 1.807) is 0 Å². The van der Waals surface area contributed by atoms with Gasteiger partial charge in [-0.3, -0.25) is 0 Å². The van der Waals surface area contributed by atoms with Gasteiger partial charge in [-0.2, -0.15) is 0 Å². The third-order valence-corrected chi connectivity index (χ3v) is 3.19. The Hall–Kier alpha value is -0.730. The second kappa shape index (κ2) is 6.70. The largest absolute Gasteiger partial charge is 0.313 e. The van der Waals surface area contributed by atoms with Crippen LogP contribution in [0.5, 0.6) is 0 Å². The predicted octanol–water partition coefficient (Wildman–Crippen LogP) is 3.46. The molecule has 1 rings (SSSR count). The highest BCUT2D eigenvalue weighted by Gasteiger charge is 1.96. The van der Waals surface area contributed by atoms with Crippen LogP contribution in [-0.4, -0.2) is 12.3 Å². The molecule has 0 saturated carbocycles. The highest BCUT2D eigenvalue weighted by molar-refractivity contribution is 7.99. The van der Waals surface area contributed by atoms with Gasteiger partial charge in [0.2, 0.25) is 0 Å². The Morgan fingerprint density at radius 1 is 1.47 bits per heavy atom. The maximum Gasteiger partial charge on any atom is 0.0205 e. The monoisotopic (exact) mass is 221 g/mol. The lowest BCUT2D eigenvalue weighted by Crippen LogP contribution is -2.11. The van der Waals surface area contributed by atoms with Crippen LogP contribution in [0.3, 0.4) is 0 Å². The number of hydrogen-bond acceptors (Lipinski definition) is 2. The zero-order valence-electron chi connectivity index (χ0n) is 9.55. The first-order chi connectivity index (χ1) is 7.22. The van der Waals surface area contributed by atoms with Gasteiger partial charge in [0, 0.05) is 17.2 Å². The van der Waals surface area contributed by atoms with Gasteiger partial charge in [-0.1, -0.05) is 31.2 Å². The van der Waals surface area contributed by atoms with E-state index in [4.69, 9.17) is 0 Å². The first-order valence-corrected chi connectivity index (χ1v) is 6.27. The molecule has 0 fully saturated rings. The summed E-state index contributed by atoms with van der Waals surface area (Å²) in [6.45, 7) is 10.1. The molecule has 15 heavy (non-hydrogen) atoms. The van der Waals surface area contributed by atoms with Crippen LogP contribution < -0.4 is 5.32 Å². The Balaban J connectivity index is 2.53. The summed E-state index contributed by atoms with van der Waals surface area (Å²) >= 11 is 1.85. The highest BCUT2D eigenvalue weighted by atomic mass is 32.2. The fourth-order valence-electron chi connectivity index (χ4n) is 1.22. The molecule has 0 heterocycles. The minimum absolute atomic E-state index is 0.956. The summed E-state index contributed by atoms with van der Waals surface area (Å²) in [6.07, 6.45) is 0. The fourth-order valence-corrected chi connectivity index (χ4v) is 2.04. The summed E-state index contributed by atoms with van der Waals surface area (Å²) in [6, 6.07) is 8.68. The summed E-state index contributed by atoms with van der Waals surface area (Å²) in [4.78, 5) is 1.33. The third kappa shape index (κ3) is 5.05. The quantitative estimate of drug-likeness (QED) is 0.583. The number of thioether (sulfide) groups is 1. The standard InChI is InChI=1S/C13H19NS/c1-4-14-9-12-6-5-7-13(8-12)15-10-11(2)3/h5-8,14H,2,4,9-10H2,1,3H3. The Morgan fingerprint density at radius 2 is 2.27 bits per heavy atom. The minimum atomic E-state index is 0.956. The average Bonchev–Trinajstić information content (AvgIpc) is 2.24. The van der Waals surface area contributed by atoms with Crippen LogP contribution in [0.2, 0.25) is 0 Å². The van der Waals surface area contributed by atoms with Gasteiger partial charge < -0.3 is 5.32 Å². The van der Waals surface area contributed by atoms with Crippen LogP contribution in [-0.2, 0) is 6.54 Å². The van der Waals surface area contributed by atoms with Gasteiger partial charge in [-0.25, -0.2) is 0 Å². The van der Waals surface area contributed by atoms with Crippen molar-refractivity contribution in [2.24, 2.45) is 0 Å². The van der Waals surface area contributed by atoms with E-state index in [0.717, 1.165) is 18.8 Å². The first-order valence-electron chi connectivity index (χ1n) is 5.29. The van der Waals surface area contributed by atoms with Gasteiger partial charge in [0.05, 0.1) is 0 Å². The molecule has 0 aliphatic carbocycles. The topological polar surface area (TPSA) is 12.0 Å². The Bertz CT molecular complexity index is 320. The second-order valence-electron chi connectivity index (χ2n) is 3.67. The van der Waals surface area contributed by atoms with Gasteiger partial charge in [0.1, 0.15) is 0 Å². The normalized spacial score (nSPS) is 10.3. The van der Waals surface area contributed by atoms with E-state index >= 15 is 0 Å². The summed E-state index contributed by atoms with van der Waals surface area (Å²) in [5.74, 6) is 1.00. The molecule has 0 radical (unpaired) electrons. The number of benzene rings is 1. The molecule has 1 nitrogen and oxygen atoms in total. The van der Waals surface area contributed by atoms with E-state index in [-0.39, 0.29) is 0 Å². The lowest BCUT2D eigenvalue weighted by molar-refractivity contribution is 0.725. The number of nitrogens with one attached hydrogen (secondary N) is 1. The third-order valence-electron chi connectivity index (χ3n) is 1.96. The fraction of sp³-hybridized carbons (Fsp3) is 0.385. The van der Waals surface area contributed by atoms with E-state index in [1.165, 1.54) is 16.0 Å². The second-order valence-corrected chi connectivity index (χ2v) is 4.72. The van der Waals surface area contributed by atoms with Gasteiger partial charge >= 0.3 is 0 Å².